The fourth-order valence-corrected chi connectivity index (χ4v) is 11.1. The van der Waals surface area contributed by atoms with Crippen molar-refractivity contribution in [1.29, 1.82) is 5.26 Å². The Morgan fingerprint density at radius 2 is 1.38 bits per heavy atom. The first kappa shape index (κ1) is 56.7. The van der Waals surface area contributed by atoms with Gasteiger partial charge in [-0.3, -0.25) is 28.5 Å². The fraction of sp³-hybridized carbons (Fsp3) is 0.345. The first-order valence-corrected chi connectivity index (χ1v) is 27.4. The van der Waals surface area contributed by atoms with Gasteiger partial charge >= 0.3 is 24.1 Å². The molecule has 0 radical (unpaired) electrons. The van der Waals surface area contributed by atoms with Crippen molar-refractivity contribution in [3.63, 3.8) is 0 Å². The molecular weight excluding hydrogens is 1050 g/mol. The quantitative estimate of drug-likeness (QED) is 0.0273. The van der Waals surface area contributed by atoms with Gasteiger partial charge in [0.2, 0.25) is 0 Å². The van der Waals surface area contributed by atoms with Crippen LogP contribution in [0.5, 0.6) is 11.5 Å². The summed E-state index contributed by atoms with van der Waals surface area (Å²) in [7, 11) is 3.14. The summed E-state index contributed by atoms with van der Waals surface area (Å²) >= 11 is 6.12. The van der Waals surface area contributed by atoms with Gasteiger partial charge in [0.25, 0.3) is 11.5 Å². The molecule has 408 valence electrons. The van der Waals surface area contributed by atoms with E-state index >= 15 is 0 Å². The number of hydrogen-bond donors (Lipinski definition) is 2. The third kappa shape index (κ3) is 13.6. The van der Waals surface area contributed by atoms with E-state index in [0.717, 1.165) is 5.56 Å². The SMILES string of the molecule is COc1ccc(C(OC[C@H]2O[C@@H](n3cc(C)c(=O)[nH]c3=O)C[C@@H]2OP(=S)(OCCC#N)OC[C@H]2O[C@@H](n3ccc(NC(=O)c4ccccc4)nc3=O)C[C@@H]2OC(=O)CCC(C)=O)(c2ccccc2)c2ccc(OC)cc2)cc1. The van der Waals surface area contributed by atoms with Gasteiger partial charge in [-0.2, -0.15) is 10.2 Å². The van der Waals surface area contributed by atoms with Crippen molar-refractivity contribution in [2.75, 3.05) is 39.4 Å². The Kier molecular flexibility index (Phi) is 18.8. The zero-order chi connectivity index (χ0) is 55.4. The van der Waals surface area contributed by atoms with Crippen molar-refractivity contribution in [1.82, 2.24) is 19.1 Å². The van der Waals surface area contributed by atoms with E-state index in [2.05, 4.69) is 15.3 Å². The molecule has 2 aliphatic rings. The van der Waals surface area contributed by atoms with Crippen molar-refractivity contribution in [2.45, 2.75) is 88.4 Å². The molecule has 8 rings (SSSR count). The van der Waals surface area contributed by atoms with Crippen LogP contribution in [0.15, 0.2) is 142 Å². The summed E-state index contributed by atoms with van der Waals surface area (Å²) in [5.41, 5.74) is -0.701. The van der Waals surface area contributed by atoms with Crippen molar-refractivity contribution >= 4 is 42.0 Å². The number of aryl methyl sites for hydroxylation is 1. The second kappa shape index (κ2) is 25.8. The van der Waals surface area contributed by atoms with E-state index in [9.17, 15) is 34.0 Å². The summed E-state index contributed by atoms with van der Waals surface area (Å²) in [5.74, 6) is -0.226. The number of benzene rings is 4. The minimum atomic E-state index is -4.04. The maximum atomic E-state index is 13.5. The van der Waals surface area contributed by atoms with Gasteiger partial charge in [-0.25, -0.2) is 9.59 Å². The standard InChI is InChI=1S/C55H57N6O15PS/c1-35-32-61(54(67)59-51(35)64)49-31-44(45(73-49)33-70-55(38-14-9-6-10-15-38,39-17-21-41(68-3)22-18-39)40-19-23-42(69-4)24-20-40)76-77(78,71-29-11-27-56)72-34-46-43(75-50(63)25-16-36(2)62)30-48(74-46)60-28-26-47(58-53(60)66)57-52(65)37-12-7-5-8-13-37/h5-10,12-15,17-24,26,28,32,43-46,48-49H,11,16,25,29-31,33-34H2,1-4H3,(H,59,64,67)(H,57,58,65,66)/t43-,44-,45+,46+,48+,49+,77?/m0/s1. The number of H-pyrrole nitrogens is 1. The summed E-state index contributed by atoms with van der Waals surface area (Å²) in [5, 5.41) is 12.2. The number of nitriles is 1. The van der Waals surface area contributed by atoms with Gasteiger partial charge in [-0.05, 0) is 84.8 Å². The molecule has 2 saturated heterocycles. The van der Waals surface area contributed by atoms with Gasteiger partial charge < -0.3 is 52.1 Å². The van der Waals surface area contributed by atoms with Crippen molar-refractivity contribution < 1.29 is 56.4 Å². The molecule has 2 aliphatic heterocycles. The van der Waals surface area contributed by atoms with Crippen LogP contribution in [0.2, 0.25) is 0 Å². The van der Waals surface area contributed by atoms with E-state index in [1.54, 1.807) is 51.5 Å². The highest BCUT2D eigenvalue weighted by atomic mass is 32.5. The smallest absolute Gasteiger partial charge is 0.351 e. The molecule has 2 aromatic heterocycles. The minimum Gasteiger partial charge on any atom is -0.497 e. The number of carbonyl (C=O) groups is 3. The maximum absolute atomic E-state index is 13.5. The molecule has 0 saturated carbocycles. The van der Waals surface area contributed by atoms with Gasteiger partial charge in [0.15, 0.2) is 0 Å². The highest BCUT2D eigenvalue weighted by molar-refractivity contribution is 8.07. The molecule has 23 heteroatoms. The van der Waals surface area contributed by atoms with Gasteiger partial charge in [-0.15, -0.1) is 0 Å². The number of nitrogens with one attached hydrogen (secondary N) is 2. The number of aromatic nitrogens is 4. The number of amides is 1. The number of hydrogen-bond acceptors (Lipinski definition) is 18. The van der Waals surface area contributed by atoms with Crippen LogP contribution in [-0.4, -0.2) is 95.2 Å². The molecule has 4 aromatic carbocycles. The van der Waals surface area contributed by atoms with Crippen LogP contribution in [0.25, 0.3) is 0 Å². The highest BCUT2D eigenvalue weighted by Crippen LogP contribution is 2.55. The lowest BCUT2D eigenvalue weighted by Crippen LogP contribution is -2.38. The Morgan fingerprint density at radius 1 is 0.795 bits per heavy atom. The minimum absolute atomic E-state index is 0.0165. The van der Waals surface area contributed by atoms with Crippen LogP contribution < -0.4 is 31.7 Å². The summed E-state index contributed by atoms with van der Waals surface area (Å²) in [6.45, 7) is -2.04. The number of methoxy groups -OCH3 is 2. The van der Waals surface area contributed by atoms with E-state index in [1.165, 1.54) is 34.5 Å². The largest absolute Gasteiger partial charge is 0.497 e. The van der Waals surface area contributed by atoms with E-state index < -0.39 is 84.6 Å². The Balaban J connectivity index is 1.11. The summed E-state index contributed by atoms with van der Waals surface area (Å²) < 4.78 is 58.9. The predicted molar refractivity (Wildman–Crippen MR) is 285 cm³/mol. The summed E-state index contributed by atoms with van der Waals surface area (Å²) in [6.07, 6.45) is -4.23. The van der Waals surface area contributed by atoms with Crippen molar-refractivity contribution in [2.24, 2.45) is 0 Å². The fourth-order valence-electron chi connectivity index (χ4n) is 8.98. The number of Topliss-reactive ketones (excluding diaryl/α,β-unsaturated/α-hetero) is 1. The molecule has 78 heavy (non-hydrogen) atoms. The first-order chi connectivity index (χ1) is 37.6. The molecule has 21 nitrogen and oxygen atoms in total. The Bertz CT molecular complexity index is 3290. The lowest BCUT2D eigenvalue weighted by atomic mass is 9.80. The van der Waals surface area contributed by atoms with Crippen LogP contribution in [0.4, 0.5) is 5.82 Å². The molecule has 2 fully saturated rings. The summed E-state index contributed by atoms with van der Waals surface area (Å²) in [4.78, 5) is 83.8. The van der Waals surface area contributed by atoms with E-state index in [1.807, 2.05) is 84.9 Å². The number of carbonyl (C=O) groups excluding carboxylic acids is 3. The number of ketones is 1. The zero-order valence-corrected chi connectivity index (χ0v) is 44.7. The molecule has 0 bridgehead atoms. The molecule has 1 amide bonds. The lowest BCUT2D eigenvalue weighted by molar-refractivity contribution is -0.153. The Morgan fingerprint density at radius 3 is 1.99 bits per heavy atom. The third-order valence-electron chi connectivity index (χ3n) is 13.0. The second-order valence-electron chi connectivity index (χ2n) is 18.2. The van der Waals surface area contributed by atoms with Crippen LogP contribution in [0.3, 0.4) is 0 Å². The predicted octanol–water partition coefficient (Wildman–Crippen LogP) is 6.79. The molecule has 2 N–H and O–H groups in total. The van der Waals surface area contributed by atoms with Crippen molar-refractivity contribution in [3.05, 3.63) is 187 Å². The molecule has 1 unspecified atom stereocenters. The maximum Gasteiger partial charge on any atom is 0.351 e. The number of nitrogens with zero attached hydrogens (tertiary/aromatic N) is 4. The third-order valence-corrected chi connectivity index (χ3v) is 15.3. The monoisotopic (exact) mass is 1100 g/mol. The lowest BCUT2D eigenvalue weighted by Gasteiger charge is -2.37. The van der Waals surface area contributed by atoms with Crippen molar-refractivity contribution in [3.8, 4) is 17.6 Å². The van der Waals surface area contributed by atoms with Gasteiger partial charge in [0.05, 0.1) is 59.1 Å². The number of aromatic amines is 1. The topological polar surface area (TPSA) is 260 Å². The average molecular weight is 1110 g/mol. The van der Waals surface area contributed by atoms with Crippen LogP contribution in [0, 0.1) is 18.3 Å². The van der Waals surface area contributed by atoms with Crippen LogP contribution in [0.1, 0.15) is 84.1 Å². The number of ether oxygens (including phenoxy) is 6. The Labute approximate surface area is 453 Å². The molecule has 0 aliphatic carbocycles. The molecule has 7 atom stereocenters. The van der Waals surface area contributed by atoms with E-state index in [0.29, 0.717) is 28.2 Å². The van der Waals surface area contributed by atoms with Gasteiger partial charge in [0.1, 0.15) is 59.5 Å². The normalized spacial score (nSPS) is 19.8. The number of anilines is 1. The summed E-state index contributed by atoms with van der Waals surface area (Å²) in [6, 6.07) is 36.2. The Hall–Kier alpha value is -7.45. The molecule has 6 aromatic rings. The second-order valence-corrected chi connectivity index (χ2v) is 21.2. The van der Waals surface area contributed by atoms with E-state index in [4.69, 9.17) is 53.8 Å². The first-order valence-electron chi connectivity index (χ1n) is 24.8. The highest BCUT2D eigenvalue weighted by Gasteiger charge is 2.47. The van der Waals surface area contributed by atoms with Crippen LogP contribution >= 0.6 is 6.72 Å². The average Bonchev–Trinajstić information content (AvgIpc) is 4.16. The van der Waals surface area contributed by atoms with Gasteiger partial charge in [-0.1, -0.05) is 72.8 Å². The molecule has 4 heterocycles. The zero-order valence-electron chi connectivity index (χ0n) is 43.0. The van der Waals surface area contributed by atoms with Crippen LogP contribution in [-0.2, 0) is 59.5 Å². The van der Waals surface area contributed by atoms with E-state index in [-0.39, 0.29) is 62.5 Å². The number of esters is 1. The number of rotatable bonds is 24. The molecular formula is C55H57N6O15PS. The molecule has 0 spiro atoms. The van der Waals surface area contributed by atoms with Gasteiger partial charge in [0, 0.05) is 42.8 Å².